The molecule has 0 fully saturated rings. The lowest BCUT2D eigenvalue weighted by molar-refractivity contribution is -0.697. The fourth-order valence-corrected chi connectivity index (χ4v) is 4.07. The molecule has 2 rings (SSSR count). The molecule has 0 saturated heterocycles. The topological polar surface area (TPSA) is 7.76 Å². The predicted molar refractivity (Wildman–Crippen MR) is 138 cm³/mol. The van der Waals surface area contributed by atoms with Gasteiger partial charge in [0.1, 0.15) is 13.1 Å². The van der Waals surface area contributed by atoms with E-state index in [9.17, 15) is 0 Å². The highest BCUT2D eigenvalue weighted by molar-refractivity contribution is 4.84. The summed E-state index contributed by atoms with van der Waals surface area (Å²) >= 11 is 0. The highest BCUT2D eigenvalue weighted by atomic mass is 79.9. The van der Waals surface area contributed by atoms with Gasteiger partial charge in [-0.1, -0.05) is 109 Å². The average Bonchev–Trinajstić information content (AvgIpc) is 2.85. The van der Waals surface area contributed by atoms with Gasteiger partial charge in [0.05, 0.1) is 0 Å². The quantitative estimate of drug-likeness (QED) is 0.197. The Morgan fingerprint density at radius 1 is 0.412 bits per heavy atom. The number of pyridine rings is 2. The van der Waals surface area contributed by atoms with Crippen molar-refractivity contribution in [1.82, 2.24) is 0 Å². The van der Waals surface area contributed by atoms with Crippen LogP contribution in [-0.4, -0.2) is 0 Å². The number of aryl methyl sites for hydroxylation is 2. The van der Waals surface area contributed by atoms with Crippen LogP contribution in [0.4, 0.5) is 0 Å². The third-order valence-electron chi connectivity index (χ3n) is 6.19. The van der Waals surface area contributed by atoms with Gasteiger partial charge < -0.3 is 29.4 Å². The van der Waals surface area contributed by atoms with Crippen molar-refractivity contribution in [2.24, 2.45) is 0 Å². The van der Waals surface area contributed by atoms with Crippen LogP contribution in [0.5, 0.6) is 0 Å². The number of unbranched alkanes of at least 4 members (excludes halogenated alkanes) is 15. The molecule has 0 unspecified atom stereocenters. The first-order valence-electron chi connectivity index (χ1n) is 13.7. The normalized spacial score (nSPS) is 9.94. The van der Waals surface area contributed by atoms with Crippen LogP contribution >= 0.6 is 0 Å². The van der Waals surface area contributed by atoms with Gasteiger partial charge in [-0.25, -0.2) is 9.13 Å². The molecule has 4 heteroatoms. The summed E-state index contributed by atoms with van der Waals surface area (Å²) in [4.78, 5) is 0. The molecule has 0 spiro atoms. The van der Waals surface area contributed by atoms with Crippen LogP contribution in [0.15, 0.2) is 61.2 Å². The largest absolute Gasteiger partial charge is 1.00 e. The molecule has 0 amide bonds. The van der Waals surface area contributed by atoms with Crippen LogP contribution < -0.4 is 38.5 Å². The van der Waals surface area contributed by atoms with E-state index in [1.54, 1.807) is 0 Å². The Morgan fingerprint density at radius 2 is 0.735 bits per heavy atom. The van der Waals surface area contributed by atoms with Gasteiger partial charge in [0.15, 0.2) is 24.8 Å². The number of nitrogens with zero attached hydrogens (tertiary/aromatic N) is 2. The van der Waals surface area contributed by atoms with Crippen molar-refractivity contribution in [3.8, 4) is 0 Å². The summed E-state index contributed by atoms with van der Waals surface area (Å²) in [5.74, 6) is 0. The molecule has 0 saturated carbocycles. The summed E-state index contributed by atoms with van der Waals surface area (Å²) in [6.45, 7) is 6.66. The van der Waals surface area contributed by atoms with Crippen molar-refractivity contribution in [3.05, 3.63) is 61.2 Å². The SMILES string of the molecule is CCCCCCCCCCCCCCCCCC[n+]1ccccc1.CC[n+]1ccccc1.[Br-].[Cl-]. The van der Waals surface area contributed by atoms with E-state index in [0.29, 0.717) is 0 Å². The molecule has 196 valence electrons. The smallest absolute Gasteiger partial charge is 0.168 e. The van der Waals surface area contributed by atoms with E-state index in [2.05, 4.69) is 66.0 Å². The van der Waals surface area contributed by atoms with E-state index in [-0.39, 0.29) is 29.4 Å². The Labute approximate surface area is 228 Å². The molecule has 2 heterocycles. The summed E-state index contributed by atoms with van der Waals surface area (Å²) < 4.78 is 4.42. The van der Waals surface area contributed by atoms with Gasteiger partial charge in [-0.3, -0.25) is 0 Å². The Bertz CT molecular complexity index is 610. The van der Waals surface area contributed by atoms with Crippen molar-refractivity contribution >= 4 is 0 Å². The van der Waals surface area contributed by atoms with Crippen molar-refractivity contribution in [2.75, 3.05) is 0 Å². The number of hydrogen-bond donors (Lipinski definition) is 0. The molecule has 0 N–H and O–H groups in total. The van der Waals surface area contributed by atoms with Gasteiger partial charge in [0.2, 0.25) is 0 Å². The van der Waals surface area contributed by atoms with Crippen molar-refractivity contribution in [1.29, 1.82) is 0 Å². The van der Waals surface area contributed by atoms with Gasteiger partial charge >= 0.3 is 0 Å². The van der Waals surface area contributed by atoms with Gasteiger partial charge in [0.25, 0.3) is 0 Å². The first kappa shape index (κ1) is 35.2. The third-order valence-corrected chi connectivity index (χ3v) is 6.19. The second-order valence-corrected chi connectivity index (χ2v) is 9.12. The lowest BCUT2D eigenvalue weighted by Crippen LogP contribution is -3.00. The predicted octanol–water partition coefficient (Wildman–Crippen LogP) is 2.24. The zero-order valence-electron chi connectivity index (χ0n) is 22.2. The van der Waals surface area contributed by atoms with E-state index in [0.717, 1.165) is 6.54 Å². The fraction of sp³-hybridized carbons (Fsp3) is 0.667. The van der Waals surface area contributed by atoms with Crippen LogP contribution in [0, 0.1) is 0 Å². The first-order chi connectivity index (χ1) is 15.9. The minimum absolute atomic E-state index is 0. The lowest BCUT2D eigenvalue weighted by Gasteiger charge is -2.03. The molecule has 0 aliphatic rings. The number of rotatable bonds is 18. The standard InChI is InChI=1S/C23H42N.C7H10N.BrH.ClH/c1-2-3-4-5-6-7-8-9-10-11-12-13-14-15-16-18-21-24-22-19-17-20-23-24;1-2-8-6-4-3-5-7-8;;/h17,19-20,22-23H,2-16,18,21H2,1H3;3-7H,2H2,1H3;2*1H/q2*+1;;/p-2. The minimum Gasteiger partial charge on any atom is -1.00 e. The van der Waals surface area contributed by atoms with Crippen LogP contribution in [-0.2, 0) is 13.1 Å². The van der Waals surface area contributed by atoms with Gasteiger partial charge in [-0.2, -0.15) is 0 Å². The van der Waals surface area contributed by atoms with E-state index >= 15 is 0 Å². The molecule has 0 bridgehead atoms. The molecule has 0 atom stereocenters. The summed E-state index contributed by atoms with van der Waals surface area (Å²) in [5, 5.41) is 0. The summed E-state index contributed by atoms with van der Waals surface area (Å²) in [5.41, 5.74) is 0. The molecule has 0 radical (unpaired) electrons. The molecule has 0 aliphatic carbocycles. The Hall–Kier alpha value is -0.930. The van der Waals surface area contributed by atoms with E-state index in [1.165, 1.54) is 109 Å². The van der Waals surface area contributed by atoms with Crippen molar-refractivity contribution < 1.29 is 38.5 Å². The average molecular weight is 556 g/mol. The zero-order valence-corrected chi connectivity index (χ0v) is 24.5. The maximum atomic E-state index is 2.30. The molecular formula is C30H52BrClN2. The molecule has 0 aromatic carbocycles. The fourth-order valence-electron chi connectivity index (χ4n) is 4.07. The molecule has 34 heavy (non-hydrogen) atoms. The van der Waals surface area contributed by atoms with Crippen molar-refractivity contribution in [2.45, 2.75) is 130 Å². The summed E-state index contributed by atoms with van der Waals surface area (Å²) in [6.07, 6.45) is 31.5. The van der Waals surface area contributed by atoms with Crippen molar-refractivity contribution in [3.63, 3.8) is 0 Å². The summed E-state index contributed by atoms with van der Waals surface area (Å²) in [6, 6.07) is 12.4. The Morgan fingerprint density at radius 3 is 1.06 bits per heavy atom. The van der Waals surface area contributed by atoms with Crippen LogP contribution in [0.25, 0.3) is 0 Å². The first-order valence-corrected chi connectivity index (χ1v) is 13.7. The second-order valence-electron chi connectivity index (χ2n) is 9.12. The van der Waals surface area contributed by atoms with Gasteiger partial charge in [-0.15, -0.1) is 0 Å². The maximum absolute atomic E-state index is 2.30. The molecule has 0 aliphatic heterocycles. The summed E-state index contributed by atoms with van der Waals surface area (Å²) in [7, 11) is 0. The number of aromatic nitrogens is 2. The van der Waals surface area contributed by atoms with E-state index < -0.39 is 0 Å². The lowest BCUT2D eigenvalue weighted by atomic mass is 10.0. The van der Waals surface area contributed by atoms with Gasteiger partial charge in [0, 0.05) is 30.7 Å². The molecule has 2 aromatic rings. The van der Waals surface area contributed by atoms with Crippen LogP contribution in [0.3, 0.4) is 0 Å². The molecule has 2 aromatic heterocycles. The van der Waals surface area contributed by atoms with Crippen LogP contribution in [0.2, 0.25) is 0 Å². The highest BCUT2D eigenvalue weighted by Crippen LogP contribution is 2.13. The van der Waals surface area contributed by atoms with E-state index in [4.69, 9.17) is 0 Å². The Kier molecular flexibility index (Phi) is 29.3. The molecule has 2 nitrogen and oxygen atoms in total. The third kappa shape index (κ3) is 22.8. The second kappa shape index (κ2) is 28.3. The number of halogens is 2. The highest BCUT2D eigenvalue weighted by Gasteiger charge is 1.98. The number of hydrogen-bond acceptors (Lipinski definition) is 0. The van der Waals surface area contributed by atoms with Gasteiger partial charge in [-0.05, 0) is 13.3 Å². The monoisotopic (exact) mass is 554 g/mol. The van der Waals surface area contributed by atoms with Crippen LogP contribution in [0.1, 0.15) is 117 Å². The maximum Gasteiger partial charge on any atom is 0.168 e. The zero-order chi connectivity index (χ0) is 23.0. The minimum atomic E-state index is 0. The molecular weight excluding hydrogens is 504 g/mol. The Balaban J connectivity index is 0. The van der Waals surface area contributed by atoms with E-state index in [1.807, 2.05) is 18.2 Å².